The molecule has 24 heavy (non-hydrogen) atoms. The summed E-state index contributed by atoms with van der Waals surface area (Å²) in [6.45, 7) is 1.86. The van der Waals surface area contributed by atoms with Crippen molar-refractivity contribution in [2.24, 2.45) is 7.05 Å². The monoisotopic (exact) mass is 343 g/mol. The zero-order valence-corrected chi connectivity index (χ0v) is 13.7. The lowest BCUT2D eigenvalue weighted by molar-refractivity contribution is 0.0697. The van der Waals surface area contributed by atoms with Gasteiger partial charge in [0.25, 0.3) is 0 Å². The lowest BCUT2D eigenvalue weighted by Crippen LogP contribution is -2.00. The van der Waals surface area contributed by atoms with Crippen LogP contribution in [0.15, 0.2) is 36.5 Å². The standard InChI is InChI=1S/C16H14ClN5O2/c1-9-14(22(2)21-20-9)11-7-13(15(17)18-8-11)19-12-5-3-4-10(6-12)16(23)24/h3-8,19H,1-2H3,(H,23,24). The molecule has 8 heteroatoms. The van der Waals surface area contributed by atoms with Crippen LogP contribution in [0.3, 0.4) is 0 Å². The van der Waals surface area contributed by atoms with Crippen molar-refractivity contribution in [3.8, 4) is 11.3 Å². The summed E-state index contributed by atoms with van der Waals surface area (Å²) >= 11 is 6.16. The van der Waals surface area contributed by atoms with Crippen LogP contribution in [0.25, 0.3) is 11.3 Å². The number of rotatable bonds is 4. The van der Waals surface area contributed by atoms with Crippen molar-refractivity contribution in [1.82, 2.24) is 20.0 Å². The fourth-order valence-electron chi connectivity index (χ4n) is 2.41. The average Bonchev–Trinajstić information content (AvgIpc) is 2.89. The maximum atomic E-state index is 11.1. The summed E-state index contributed by atoms with van der Waals surface area (Å²) < 4.78 is 1.66. The molecule has 3 rings (SSSR count). The van der Waals surface area contributed by atoms with Crippen molar-refractivity contribution >= 4 is 28.9 Å². The van der Waals surface area contributed by atoms with Gasteiger partial charge in [-0.05, 0) is 31.2 Å². The van der Waals surface area contributed by atoms with Crippen LogP contribution >= 0.6 is 11.6 Å². The number of hydrogen-bond donors (Lipinski definition) is 2. The smallest absolute Gasteiger partial charge is 0.335 e. The number of hydrogen-bond acceptors (Lipinski definition) is 5. The molecule has 7 nitrogen and oxygen atoms in total. The number of aryl methyl sites for hydroxylation is 2. The fraction of sp³-hybridized carbons (Fsp3) is 0.125. The number of carbonyl (C=O) groups is 1. The van der Waals surface area contributed by atoms with Gasteiger partial charge in [0.05, 0.1) is 22.6 Å². The Labute approximate surface area is 142 Å². The topological polar surface area (TPSA) is 92.9 Å². The Morgan fingerprint density at radius 1 is 1.33 bits per heavy atom. The molecule has 1 aromatic carbocycles. The maximum Gasteiger partial charge on any atom is 0.335 e. The summed E-state index contributed by atoms with van der Waals surface area (Å²) in [4.78, 5) is 15.3. The third kappa shape index (κ3) is 3.07. The quantitative estimate of drug-likeness (QED) is 0.706. The molecule has 0 saturated heterocycles. The third-order valence-electron chi connectivity index (χ3n) is 3.50. The minimum atomic E-state index is -0.992. The van der Waals surface area contributed by atoms with Gasteiger partial charge in [0, 0.05) is 24.5 Å². The summed E-state index contributed by atoms with van der Waals surface area (Å²) in [5.41, 5.74) is 3.78. The van der Waals surface area contributed by atoms with Crippen LogP contribution < -0.4 is 5.32 Å². The number of aromatic nitrogens is 4. The molecule has 0 unspecified atom stereocenters. The molecule has 0 atom stereocenters. The van der Waals surface area contributed by atoms with Gasteiger partial charge < -0.3 is 10.4 Å². The molecule has 122 valence electrons. The number of aromatic carboxylic acids is 1. The molecule has 0 aliphatic carbocycles. The summed E-state index contributed by atoms with van der Waals surface area (Å²) in [6, 6.07) is 8.30. The average molecular weight is 344 g/mol. The first-order chi connectivity index (χ1) is 11.5. The molecular formula is C16H14ClN5O2. The number of pyridine rings is 1. The molecule has 2 heterocycles. The van der Waals surface area contributed by atoms with Gasteiger partial charge in [0.15, 0.2) is 5.15 Å². The normalized spacial score (nSPS) is 10.6. The van der Waals surface area contributed by atoms with Crippen molar-refractivity contribution in [3.05, 3.63) is 52.9 Å². The Hall–Kier alpha value is -2.93. The molecule has 0 aliphatic rings. The van der Waals surface area contributed by atoms with Crippen molar-refractivity contribution in [2.45, 2.75) is 6.92 Å². The second-order valence-electron chi connectivity index (χ2n) is 5.22. The molecule has 0 amide bonds. The van der Waals surface area contributed by atoms with E-state index in [4.69, 9.17) is 16.7 Å². The molecule has 0 fully saturated rings. The molecule has 0 bridgehead atoms. The molecule has 2 N–H and O–H groups in total. The first-order valence-electron chi connectivity index (χ1n) is 7.08. The highest BCUT2D eigenvalue weighted by Crippen LogP contribution is 2.30. The van der Waals surface area contributed by atoms with E-state index >= 15 is 0 Å². The van der Waals surface area contributed by atoms with E-state index in [-0.39, 0.29) is 10.7 Å². The van der Waals surface area contributed by atoms with Crippen LogP contribution in [0.5, 0.6) is 0 Å². The van der Waals surface area contributed by atoms with Gasteiger partial charge in [-0.3, -0.25) is 0 Å². The minimum absolute atomic E-state index is 0.187. The Morgan fingerprint density at radius 2 is 2.12 bits per heavy atom. The lowest BCUT2D eigenvalue weighted by atomic mass is 10.1. The van der Waals surface area contributed by atoms with E-state index in [0.717, 1.165) is 17.0 Å². The van der Waals surface area contributed by atoms with E-state index < -0.39 is 5.97 Å². The molecule has 3 aromatic rings. The molecular weight excluding hydrogens is 330 g/mol. The van der Waals surface area contributed by atoms with Crippen LogP contribution in [0, 0.1) is 6.92 Å². The summed E-state index contributed by atoms with van der Waals surface area (Å²) in [5.74, 6) is -0.992. The summed E-state index contributed by atoms with van der Waals surface area (Å²) in [5, 5.41) is 20.5. The summed E-state index contributed by atoms with van der Waals surface area (Å²) in [7, 11) is 1.80. The number of benzene rings is 1. The number of carboxylic acids is 1. The largest absolute Gasteiger partial charge is 0.478 e. The molecule has 0 saturated carbocycles. The zero-order valence-electron chi connectivity index (χ0n) is 13.0. The molecule has 2 aromatic heterocycles. The number of anilines is 2. The lowest BCUT2D eigenvalue weighted by Gasteiger charge is -2.11. The first-order valence-corrected chi connectivity index (χ1v) is 7.46. The van der Waals surface area contributed by atoms with Crippen molar-refractivity contribution < 1.29 is 9.90 Å². The SMILES string of the molecule is Cc1nnn(C)c1-c1cnc(Cl)c(Nc2cccc(C(=O)O)c2)c1. The van der Waals surface area contributed by atoms with Crippen molar-refractivity contribution in [1.29, 1.82) is 0 Å². The second kappa shape index (κ2) is 6.29. The van der Waals surface area contributed by atoms with Gasteiger partial charge in [-0.25, -0.2) is 14.5 Å². The predicted octanol–water partition coefficient (Wildman–Crippen LogP) is 3.28. The Morgan fingerprint density at radius 3 is 2.79 bits per heavy atom. The van der Waals surface area contributed by atoms with Crippen LogP contribution in [0.1, 0.15) is 16.1 Å². The number of nitrogens with one attached hydrogen (secondary N) is 1. The van der Waals surface area contributed by atoms with Gasteiger partial charge >= 0.3 is 5.97 Å². The van der Waals surface area contributed by atoms with E-state index in [1.54, 1.807) is 30.1 Å². The van der Waals surface area contributed by atoms with E-state index in [1.165, 1.54) is 12.1 Å². The third-order valence-corrected chi connectivity index (χ3v) is 3.80. The minimum Gasteiger partial charge on any atom is -0.478 e. The Kier molecular flexibility index (Phi) is 4.18. The second-order valence-corrected chi connectivity index (χ2v) is 5.58. The van der Waals surface area contributed by atoms with Crippen molar-refractivity contribution in [3.63, 3.8) is 0 Å². The van der Waals surface area contributed by atoms with E-state index in [0.29, 0.717) is 11.4 Å². The first kappa shape index (κ1) is 15.9. The van der Waals surface area contributed by atoms with Gasteiger partial charge in [-0.1, -0.05) is 22.9 Å². The van der Waals surface area contributed by atoms with Gasteiger partial charge in [-0.15, -0.1) is 5.10 Å². The number of carboxylic acid groups (broad SMARTS) is 1. The predicted molar refractivity (Wildman–Crippen MR) is 90.7 cm³/mol. The van der Waals surface area contributed by atoms with Crippen LogP contribution in [0.2, 0.25) is 5.15 Å². The highest BCUT2D eigenvalue weighted by atomic mass is 35.5. The van der Waals surface area contributed by atoms with E-state index in [9.17, 15) is 4.79 Å². The zero-order chi connectivity index (χ0) is 17.3. The summed E-state index contributed by atoms with van der Waals surface area (Å²) in [6.07, 6.45) is 1.65. The van der Waals surface area contributed by atoms with Crippen LogP contribution in [0.4, 0.5) is 11.4 Å². The highest BCUT2D eigenvalue weighted by Gasteiger charge is 2.13. The Balaban J connectivity index is 1.98. The Bertz CT molecular complexity index is 903. The van der Waals surface area contributed by atoms with Crippen LogP contribution in [-0.2, 0) is 7.05 Å². The molecule has 0 radical (unpaired) electrons. The van der Waals surface area contributed by atoms with Gasteiger partial charge in [-0.2, -0.15) is 0 Å². The highest BCUT2D eigenvalue weighted by molar-refractivity contribution is 6.32. The maximum absolute atomic E-state index is 11.1. The van der Waals surface area contributed by atoms with Crippen LogP contribution in [-0.4, -0.2) is 31.1 Å². The number of nitrogens with zero attached hydrogens (tertiary/aromatic N) is 4. The van der Waals surface area contributed by atoms with E-state index in [1.807, 2.05) is 13.0 Å². The molecule has 0 spiro atoms. The van der Waals surface area contributed by atoms with Crippen molar-refractivity contribution in [2.75, 3.05) is 5.32 Å². The fourth-order valence-corrected chi connectivity index (χ4v) is 2.56. The number of halogens is 1. The molecule has 0 aliphatic heterocycles. The van der Waals surface area contributed by atoms with Gasteiger partial charge in [0.2, 0.25) is 0 Å². The van der Waals surface area contributed by atoms with E-state index in [2.05, 4.69) is 20.6 Å². The van der Waals surface area contributed by atoms with Gasteiger partial charge in [0.1, 0.15) is 0 Å².